The van der Waals surface area contributed by atoms with Crippen LogP contribution >= 0.6 is 0 Å². The van der Waals surface area contributed by atoms with Crippen molar-refractivity contribution in [2.45, 2.75) is 82.7 Å². The quantitative estimate of drug-likeness (QED) is 0.133. The van der Waals surface area contributed by atoms with Gasteiger partial charge in [-0.05, 0) is 86.1 Å². The van der Waals surface area contributed by atoms with Crippen molar-refractivity contribution in [1.82, 2.24) is 9.88 Å². The molecule has 2 fully saturated rings. The van der Waals surface area contributed by atoms with Crippen LogP contribution in [0.4, 0.5) is 11.4 Å². The molecular formula is C40H44N4O4. The van der Waals surface area contributed by atoms with E-state index in [-0.39, 0.29) is 11.8 Å². The van der Waals surface area contributed by atoms with E-state index < -0.39 is 11.5 Å². The Labute approximate surface area is 281 Å². The lowest BCUT2D eigenvalue weighted by atomic mass is 9.81. The van der Waals surface area contributed by atoms with Gasteiger partial charge in [0.1, 0.15) is 5.54 Å². The Bertz CT molecular complexity index is 1860. The van der Waals surface area contributed by atoms with Crippen LogP contribution in [0.15, 0.2) is 72.8 Å². The molecule has 3 N–H and O–H groups in total. The van der Waals surface area contributed by atoms with Crippen molar-refractivity contribution in [2.24, 2.45) is 0 Å². The van der Waals surface area contributed by atoms with Crippen LogP contribution in [-0.4, -0.2) is 41.0 Å². The molecule has 0 bridgehead atoms. The minimum absolute atomic E-state index is 0.205. The first-order chi connectivity index (χ1) is 23.5. The van der Waals surface area contributed by atoms with E-state index in [1.54, 1.807) is 25.1 Å². The Morgan fingerprint density at radius 2 is 1.73 bits per heavy atom. The van der Waals surface area contributed by atoms with E-state index in [9.17, 15) is 14.4 Å². The molecule has 8 nitrogen and oxygen atoms in total. The second-order valence-corrected chi connectivity index (χ2v) is 13.4. The minimum atomic E-state index is -0.985. The van der Waals surface area contributed by atoms with Crippen molar-refractivity contribution >= 4 is 46.1 Å². The van der Waals surface area contributed by atoms with E-state index in [1.165, 1.54) is 60.4 Å². The van der Waals surface area contributed by atoms with Gasteiger partial charge in [-0.2, -0.15) is 0 Å². The summed E-state index contributed by atoms with van der Waals surface area (Å²) in [4.78, 5) is 39.5. The van der Waals surface area contributed by atoms with Crippen LogP contribution in [0.25, 0.3) is 28.2 Å². The summed E-state index contributed by atoms with van der Waals surface area (Å²) in [7, 11) is 0. The third-order valence-electron chi connectivity index (χ3n) is 10.3. The van der Waals surface area contributed by atoms with Crippen LogP contribution in [0.3, 0.4) is 0 Å². The first kappa shape index (κ1) is 31.7. The number of carbonyl (C=O) groups is 3. The Morgan fingerprint density at radius 3 is 2.50 bits per heavy atom. The molecule has 7 rings (SSSR count). The SMILES string of the molecule is CCOC(=O)/C=C/c1ccc(NC(=O)C2(NC(=O)c3ccc4c(C5CCCCC5)c5n(c4c3)CCNc3ccccc3-5)CCCC2)cc1. The van der Waals surface area contributed by atoms with Crippen molar-refractivity contribution < 1.29 is 19.1 Å². The first-order valence-corrected chi connectivity index (χ1v) is 17.5. The standard InChI is InChI=1S/C40H44N4O4/c1-2-48-35(45)21-16-27-14-18-30(19-15-27)42-39(47)40(22-8-9-23-40)43-38(46)29-17-20-32-34(26-29)44-25-24-41-33-13-7-6-12-31(33)37(44)36(32)28-10-4-3-5-11-28/h6-7,12-21,26,28,41H,2-5,8-11,22-25H2,1H3,(H,42,47)(H,43,46)/b21-16+. The third-order valence-corrected chi connectivity index (χ3v) is 10.3. The van der Waals surface area contributed by atoms with Crippen molar-refractivity contribution in [3.8, 4) is 11.3 Å². The molecule has 3 aromatic carbocycles. The summed E-state index contributed by atoms with van der Waals surface area (Å²) in [5, 5.41) is 11.1. The number of benzene rings is 3. The Balaban J connectivity index is 1.16. The number of hydrogen-bond donors (Lipinski definition) is 3. The highest BCUT2D eigenvalue weighted by atomic mass is 16.5. The molecule has 0 atom stereocenters. The molecule has 0 saturated heterocycles. The number of nitrogens with one attached hydrogen (secondary N) is 3. The zero-order valence-electron chi connectivity index (χ0n) is 27.6. The van der Waals surface area contributed by atoms with Gasteiger partial charge in [0.15, 0.2) is 0 Å². The van der Waals surface area contributed by atoms with Crippen molar-refractivity contribution in [3.05, 3.63) is 89.5 Å². The summed E-state index contributed by atoms with van der Waals surface area (Å²) in [5.41, 5.74) is 7.20. The van der Waals surface area contributed by atoms with Gasteiger partial charge in [0.2, 0.25) is 5.91 Å². The number of carbonyl (C=O) groups excluding carboxylic acids is 3. The maximum atomic E-state index is 14.0. The fourth-order valence-corrected chi connectivity index (χ4v) is 7.95. The molecule has 0 radical (unpaired) electrons. The third kappa shape index (κ3) is 6.23. The maximum Gasteiger partial charge on any atom is 0.330 e. The van der Waals surface area contributed by atoms with Crippen LogP contribution < -0.4 is 16.0 Å². The summed E-state index contributed by atoms with van der Waals surface area (Å²) in [5.74, 6) is -0.331. The zero-order valence-corrected chi connectivity index (χ0v) is 27.6. The van der Waals surface area contributed by atoms with E-state index in [0.29, 0.717) is 36.6 Å². The molecule has 48 heavy (non-hydrogen) atoms. The number of rotatable bonds is 8. The summed E-state index contributed by atoms with van der Waals surface area (Å²) in [6, 6.07) is 22.0. The molecule has 0 spiro atoms. The lowest BCUT2D eigenvalue weighted by Crippen LogP contribution is -2.55. The monoisotopic (exact) mass is 644 g/mol. The van der Waals surface area contributed by atoms with Crippen LogP contribution in [0.1, 0.15) is 92.1 Å². The topological polar surface area (TPSA) is 101 Å². The van der Waals surface area contributed by atoms with Gasteiger partial charge in [-0.1, -0.05) is 68.5 Å². The van der Waals surface area contributed by atoms with Gasteiger partial charge in [0, 0.05) is 52.6 Å². The summed E-state index contributed by atoms with van der Waals surface area (Å²) >= 11 is 0. The summed E-state index contributed by atoms with van der Waals surface area (Å²) < 4.78 is 7.36. The summed E-state index contributed by atoms with van der Waals surface area (Å²) in [6.07, 6.45) is 12.1. The predicted molar refractivity (Wildman–Crippen MR) is 191 cm³/mol. The van der Waals surface area contributed by atoms with Crippen LogP contribution in [0.2, 0.25) is 0 Å². The smallest absolute Gasteiger partial charge is 0.330 e. The first-order valence-electron chi connectivity index (χ1n) is 17.5. The van der Waals surface area contributed by atoms with Crippen molar-refractivity contribution in [3.63, 3.8) is 0 Å². The molecule has 4 aromatic rings. The maximum absolute atomic E-state index is 14.0. The number of amides is 2. The Hall–Kier alpha value is -4.85. The molecule has 3 aliphatic rings. The highest BCUT2D eigenvalue weighted by molar-refractivity contribution is 6.06. The number of anilines is 2. The van der Waals surface area contributed by atoms with Crippen molar-refractivity contribution in [2.75, 3.05) is 23.8 Å². The number of ether oxygens (including phenoxy) is 1. The minimum Gasteiger partial charge on any atom is -0.463 e. The normalized spacial score (nSPS) is 17.3. The fourth-order valence-electron chi connectivity index (χ4n) is 7.95. The van der Waals surface area contributed by atoms with Gasteiger partial charge in [-0.15, -0.1) is 0 Å². The Kier molecular flexibility index (Phi) is 9.06. The van der Waals surface area contributed by atoms with E-state index in [1.807, 2.05) is 24.3 Å². The molecule has 1 aliphatic heterocycles. The number of fused-ring (bicyclic) bond motifs is 5. The highest BCUT2D eigenvalue weighted by Crippen LogP contribution is 2.46. The van der Waals surface area contributed by atoms with E-state index >= 15 is 0 Å². The Morgan fingerprint density at radius 1 is 0.958 bits per heavy atom. The fraction of sp³-hybridized carbons (Fsp3) is 0.375. The van der Waals surface area contributed by atoms with Gasteiger partial charge in [-0.3, -0.25) is 9.59 Å². The van der Waals surface area contributed by atoms with Crippen LogP contribution in [0.5, 0.6) is 0 Å². The molecule has 8 heteroatoms. The van der Waals surface area contributed by atoms with Crippen LogP contribution in [-0.2, 0) is 20.9 Å². The number of para-hydroxylation sites is 1. The van der Waals surface area contributed by atoms with E-state index in [0.717, 1.165) is 42.7 Å². The number of aromatic nitrogens is 1. The van der Waals surface area contributed by atoms with Crippen molar-refractivity contribution in [1.29, 1.82) is 0 Å². The van der Waals surface area contributed by atoms with Gasteiger partial charge in [0.25, 0.3) is 5.91 Å². The molecule has 0 unspecified atom stereocenters. The molecule has 2 saturated carbocycles. The lowest BCUT2D eigenvalue weighted by Gasteiger charge is -2.29. The highest BCUT2D eigenvalue weighted by Gasteiger charge is 2.43. The molecule has 2 aliphatic carbocycles. The molecule has 1 aromatic heterocycles. The molecule has 248 valence electrons. The second kappa shape index (κ2) is 13.7. The number of hydrogen-bond acceptors (Lipinski definition) is 5. The molecule has 2 heterocycles. The number of nitrogens with zero attached hydrogens (tertiary/aromatic N) is 1. The summed E-state index contributed by atoms with van der Waals surface area (Å²) in [6.45, 7) is 3.70. The van der Waals surface area contributed by atoms with Gasteiger partial charge < -0.3 is 25.3 Å². The molecule has 2 amide bonds. The van der Waals surface area contributed by atoms with Crippen LogP contribution in [0, 0.1) is 0 Å². The largest absolute Gasteiger partial charge is 0.463 e. The number of esters is 1. The van der Waals surface area contributed by atoms with E-state index in [4.69, 9.17) is 4.74 Å². The zero-order chi connectivity index (χ0) is 33.1. The predicted octanol–water partition coefficient (Wildman–Crippen LogP) is 8.04. The van der Waals surface area contributed by atoms with E-state index in [2.05, 4.69) is 50.8 Å². The lowest BCUT2D eigenvalue weighted by molar-refractivity contribution is -0.137. The average molecular weight is 645 g/mol. The second-order valence-electron chi connectivity index (χ2n) is 13.4. The molecular weight excluding hydrogens is 600 g/mol. The van der Waals surface area contributed by atoms with Gasteiger partial charge in [-0.25, -0.2) is 4.79 Å². The van der Waals surface area contributed by atoms with Gasteiger partial charge in [0.05, 0.1) is 12.3 Å². The average Bonchev–Trinajstić information content (AvgIpc) is 3.66. The van der Waals surface area contributed by atoms with Gasteiger partial charge >= 0.3 is 5.97 Å².